The molecule has 0 aliphatic rings. The van der Waals surface area contributed by atoms with Gasteiger partial charge in [-0.2, -0.15) is 9.61 Å². The lowest BCUT2D eigenvalue weighted by molar-refractivity contribution is 0.296. The maximum atomic E-state index is 5.99. The van der Waals surface area contributed by atoms with Crippen LogP contribution in [0.3, 0.4) is 0 Å². The van der Waals surface area contributed by atoms with Crippen molar-refractivity contribution in [2.24, 2.45) is 0 Å². The maximum Gasteiger partial charge on any atom is 0.272 e. The Morgan fingerprint density at radius 3 is 2.63 bits per heavy atom. The summed E-state index contributed by atoms with van der Waals surface area (Å²) in [6.45, 7) is 0.224. The molecule has 7 nitrogen and oxygen atoms in total. The first-order chi connectivity index (χ1) is 13.4. The van der Waals surface area contributed by atoms with Gasteiger partial charge in [0.25, 0.3) is 5.78 Å². The van der Waals surface area contributed by atoms with Crippen molar-refractivity contribution >= 4 is 16.7 Å². The van der Waals surface area contributed by atoms with Gasteiger partial charge in [-0.25, -0.2) is 4.98 Å². The average molecular weight is 354 g/mol. The van der Waals surface area contributed by atoms with Gasteiger partial charge in [0, 0.05) is 17.1 Å². The lowest BCUT2D eigenvalue weighted by Crippen LogP contribution is -2.05. The number of para-hydroxylation sites is 1. The van der Waals surface area contributed by atoms with Crippen LogP contribution in [0.15, 0.2) is 73.1 Å². The fourth-order valence-electron chi connectivity index (χ4n) is 2.91. The molecule has 0 N–H and O–H groups in total. The van der Waals surface area contributed by atoms with Gasteiger partial charge in [0.05, 0.1) is 11.7 Å². The minimum absolute atomic E-state index is 0.224. The minimum Gasteiger partial charge on any atom is -0.485 e. The maximum absolute atomic E-state index is 5.99. The fraction of sp³-hybridized carbons (Fsp3) is 0.0500. The van der Waals surface area contributed by atoms with E-state index in [4.69, 9.17) is 4.74 Å². The molecule has 0 saturated heterocycles. The lowest BCUT2D eigenvalue weighted by atomic mass is 10.2. The van der Waals surface area contributed by atoms with Crippen molar-refractivity contribution < 1.29 is 4.74 Å². The average Bonchev–Trinajstić information content (AvgIpc) is 3.15. The summed E-state index contributed by atoms with van der Waals surface area (Å²) < 4.78 is 7.60. The van der Waals surface area contributed by atoms with E-state index in [9.17, 15) is 0 Å². The Bertz CT molecular complexity index is 1230. The van der Waals surface area contributed by atoms with Crippen LogP contribution in [0.2, 0.25) is 0 Å². The lowest BCUT2D eigenvalue weighted by Gasteiger charge is -2.08. The second-order valence-electron chi connectivity index (χ2n) is 5.95. The van der Waals surface area contributed by atoms with E-state index in [0.29, 0.717) is 11.6 Å². The molecule has 0 aliphatic heterocycles. The predicted molar refractivity (Wildman–Crippen MR) is 100 cm³/mol. The smallest absolute Gasteiger partial charge is 0.272 e. The van der Waals surface area contributed by atoms with Gasteiger partial charge in [-0.15, -0.1) is 10.2 Å². The Hall–Kier alpha value is -3.87. The van der Waals surface area contributed by atoms with Crippen LogP contribution in [0.5, 0.6) is 5.75 Å². The summed E-state index contributed by atoms with van der Waals surface area (Å²) in [5, 5.41) is 13.8. The van der Waals surface area contributed by atoms with Crippen LogP contribution in [0.4, 0.5) is 0 Å². The monoisotopic (exact) mass is 354 g/mol. The summed E-state index contributed by atoms with van der Waals surface area (Å²) >= 11 is 0. The summed E-state index contributed by atoms with van der Waals surface area (Å²) in [5.41, 5.74) is 2.61. The van der Waals surface area contributed by atoms with E-state index >= 15 is 0 Å². The van der Waals surface area contributed by atoms with Gasteiger partial charge >= 0.3 is 0 Å². The molecule has 0 radical (unpaired) electrons. The highest BCUT2D eigenvalue weighted by molar-refractivity contribution is 5.84. The highest BCUT2D eigenvalue weighted by atomic mass is 16.5. The van der Waals surface area contributed by atoms with Crippen LogP contribution >= 0.6 is 0 Å². The first kappa shape index (κ1) is 15.4. The van der Waals surface area contributed by atoms with Crippen molar-refractivity contribution in [3.05, 3.63) is 78.9 Å². The van der Waals surface area contributed by atoms with Crippen molar-refractivity contribution in [1.82, 2.24) is 29.8 Å². The van der Waals surface area contributed by atoms with E-state index < -0.39 is 0 Å². The number of aromatic nitrogens is 6. The van der Waals surface area contributed by atoms with E-state index in [0.717, 1.165) is 27.9 Å². The molecule has 130 valence electrons. The van der Waals surface area contributed by atoms with Crippen LogP contribution in [0.1, 0.15) is 5.82 Å². The van der Waals surface area contributed by atoms with Crippen molar-refractivity contribution in [3.63, 3.8) is 0 Å². The molecule has 0 aliphatic carbocycles. The Balaban J connectivity index is 1.48. The Morgan fingerprint density at radius 1 is 0.852 bits per heavy atom. The zero-order valence-corrected chi connectivity index (χ0v) is 14.2. The fourth-order valence-corrected chi connectivity index (χ4v) is 2.91. The third-order valence-electron chi connectivity index (χ3n) is 4.23. The van der Waals surface area contributed by atoms with Gasteiger partial charge in [0.2, 0.25) is 0 Å². The molecule has 2 aromatic carbocycles. The van der Waals surface area contributed by atoms with E-state index in [-0.39, 0.29) is 6.61 Å². The molecule has 0 saturated carbocycles. The molecular weight excluding hydrogens is 340 g/mol. The third-order valence-corrected chi connectivity index (χ3v) is 4.23. The minimum atomic E-state index is 0.224. The van der Waals surface area contributed by atoms with Gasteiger partial charge in [0.15, 0.2) is 5.82 Å². The molecule has 0 amide bonds. The van der Waals surface area contributed by atoms with Gasteiger partial charge in [0.1, 0.15) is 18.1 Å². The number of ether oxygens (including phenoxy) is 1. The number of benzene rings is 2. The van der Waals surface area contributed by atoms with Crippen LogP contribution in [0, 0.1) is 0 Å². The Kier molecular flexibility index (Phi) is 3.68. The second kappa shape index (κ2) is 6.45. The van der Waals surface area contributed by atoms with Gasteiger partial charge in [-0.1, -0.05) is 42.5 Å². The molecule has 0 fully saturated rings. The molecule has 0 unspecified atom stereocenters. The molecule has 0 bridgehead atoms. The van der Waals surface area contributed by atoms with Crippen molar-refractivity contribution in [1.29, 1.82) is 0 Å². The number of nitrogens with zero attached hydrogens (tertiary/aromatic N) is 6. The molecule has 5 rings (SSSR count). The van der Waals surface area contributed by atoms with Gasteiger partial charge in [-0.05, 0) is 18.2 Å². The largest absolute Gasteiger partial charge is 0.485 e. The molecule has 3 aromatic heterocycles. The molecular formula is C20H14N6O. The van der Waals surface area contributed by atoms with Crippen LogP contribution in [-0.2, 0) is 6.61 Å². The number of hydrogen-bond donors (Lipinski definition) is 0. The van der Waals surface area contributed by atoms with Gasteiger partial charge in [-0.3, -0.25) is 4.98 Å². The number of hydrogen-bond acceptors (Lipinski definition) is 6. The Labute approximate surface area is 154 Å². The summed E-state index contributed by atoms with van der Waals surface area (Å²) in [7, 11) is 0. The zero-order valence-electron chi connectivity index (χ0n) is 14.2. The first-order valence-corrected chi connectivity index (χ1v) is 8.48. The molecule has 5 aromatic rings. The highest BCUT2D eigenvalue weighted by Gasteiger charge is 2.11. The zero-order chi connectivity index (χ0) is 18.1. The van der Waals surface area contributed by atoms with E-state index in [1.165, 1.54) is 0 Å². The number of rotatable bonds is 4. The number of pyridine rings is 1. The highest BCUT2D eigenvalue weighted by Crippen LogP contribution is 2.24. The SMILES string of the molecule is c1ccc(-c2cnc3nnc(COc4ccnc5ccccc45)n3n2)cc1. The molecule has 7 heteroatoms. The summed E-state index contributed by atoms with van der Waals surface area (Å²) in [6, 6.07) is 19.5. The summed E-state index contributed by atoms with van der Waals surface area (Å²) in [6.07, 6.45) is 3.42. The van der Waals surface area contributed by atoms with E-state index in [2.05, 4.69) is 25.3 Å². The normalized spacial score (nSPS) is 11.1. The van der Waals surface area contributed by atoms with Crippen LogP contribution in [-0.4, -0.2) is 29.8 Å². The van der Waals surface area contributed by atoms with Crippen molar-refractivity contribution in [3.8, 4) is 17.0 Å². The molecule has 3 heterocycles. The second-order valence-corrected chi connectivity index (χ2v) is 5.95. The topological polar surface area (TPSA) is 78.1 Å². The summed E-state index contributed by atoms with van der Waals surface area (Å²) in [4.78, 5) is 8.69. The first-order valence-electron chi connectivity index (χ1n) is 8.48. The summed E-state index contributed by atoms with van der Waals surface area (Å²) in [5.74, 6) is 1.76. The standard InChI is InChI=1S/C20H14N6O/c1-2-6-14(7-3-1)17-12-22-20-24-23-19(26(20)25-17)13-27-18-10-11-21-16-9-5-4-8-15(16)18/h1-12H,13H2. The van der Waals surface area contributed by atoms with E-state index in [1.54, 1.807) is 16.9 Å². The predicted octanol–water partition coefficient (Wildman–Crippen LogP) is 3.31. The van der Waals surface area contributed by atoms with E-state index in [1.807, 2.05) is 60.7 Å². The van der Waals surface area contributed by atoms with Crippen molar-refractivity contribution in [2.75, 3.05) is 0 Å². The van der Waals surface area contributed by atoms with Crippen LogP contribution < -0.4 is 4.74 Å². The number of fused-ring (bicyclic) bond motifs is 2. The quantitative estimate of drug-likeness (QED) is 0.493. The molecule has 27 heavy (non-hydrogen) atoms. The Morgan fingerprint density at radius 2 is 1.70 bits per heavy atom. The third kappa shape index (κ3) is 2.85. The van der Waals surface area contributed by atoms with Crippen LogP contribution in [0.25, 0.3) is 27.9 Å². The molecule has 0 atom stereocenters. The molecule has 0 spiro atoms. The van der Waals surface area contributed by atoms with Gasteiger partial charge < -0.3 is 4.74 Å². The van der Waals surface area contributed by atoms with Crippen molar-refractivity contribution in [2.45, 2.75) is 6.61 Å².